The first kappa shape index (κ1) is 20.1. The molecule has 2 rings (SSSR count). The van der Waals surface area contributed by atoms with Crippen LogP contribution in [0.15, 0.2) is 6.07 Å². The average molecular weight is 365 g/mol. The van der Waals surface area contributed by atoms with E-state index < -0.39 is 8.32 Å². The number of ether oxygens (including phenoxy) is 1. The van der Waals surface area contributed by atoms with E-state index in [1.807, 2.05) is 0 Å². The SMILES string of the molecule is COc1cc(C(C)=O)nc2c1CCN(CCO[Si](C)(C)C(C)(C)C)C2. The first-order valence-corrected chi connectivity index (χ1v) is 11.9. The summed E-state index contributed by atoms with van der Waals surface area (Å²) in [6, 6.07) is 1.76. The minimum Gasteiger partial charge on any atom is -0.496 e. The maximum atomic E-state index is 11.7. The summed E-state index contributed by atoms with van der Waals surface area (Å²) in [4.78, 5) is 18.6. The van der Waals surface area contributed by atoms with E-state index in [-0.39, 0.29) is 10.8 Å². The summed E-state index contributed by atoms with van der Waals surface area (Å²) < 4.78 is 11.8. The predicted molar refractivity (Wildman–Crippen MR) is 103 cm³/mol. The van der Waals surface area contributed by atoms with Crippen LogP contribution in [0, 0.1) is 0 Å². The molecule has 0 saturated heterocycles. The molecule has 0 fully saturated rings. The molecule has 0 radical (unpaired) electrons. The number of carbonyl (C=O) groups excluding carboxylic acids is 1. The van der Waals surface area contributed by atoms with E-state index in [4.69, 9.17) is 9.16 Å². The number of methoxy groups -OCH3 is 1. The molecule has 0 unspecified atom stereocenters. The van der Waals surface area contributed by atoms with Gasteiger partial charge in [-0.05, 0) is 24.6 Å². The van der Waals surface area contributed by atoms with E-state index in [0.717, 1.165) is 49.7 Å². The van der Waals surface area contributed by atoms with E-state index in [2.05, 4.69) is 43.7 Å². The molecule has 140 valence electrons. The van der Waals surface area contributed by atoms with Crippen molar-refractivity contribution < 1.29 is 14.0 Å². The fraction of sp³-hybridized carbons (Fsp3) is 0.684. The number of carbonyl (C=O) groups is 1. The molecule has 1 aromatic heterocycles. The molecule has 0 N–H and O–H groups in total. The van der Waals surface area contributed by atoms with Crippen LogP contribution < -0.4 is 4.74 Å². The molecule has 6 heteroatoms. The van der Waals surface area contributed by atoms with Gasteiger partial charge in [0, 0.05) is 44.8 Å². The highest BCUT2D eigenvalue weighted by molar-refractivity contribution is 6.74. The van der Waals surface area contributed by atoms with E-state index in [1.165, 1.54) is 0 Å². The van der Waals surface area contributed by atoms with Crippen molar-refractivity contribution in [2.24, 2.45) is 0 Å². The van der Waals surface area contributed by atoms with Crippen molar-refractivity contribution in [1.82, 2.24) is 9.88 Å². The molecule has 1 aliphatic heterocycles. The first-order valence-electron chi connectivity index (χ1n) is 8.99. The molecule has 1 aliphatic rings. The maximum absolute atomic E-state index is 11.7. The Morgan fingerprint density at radius 2 is 2.04 bits per heavy atom. The number of nitrogens with zero attached hydrogens (tertiary/aromatic N) is 2. The highest BCUT2D eigenvalue weighted by Gasteiger charge is 2.37. The van der Waals surface area contributed by atoms with E-state index in [0.29, 0.717) is 5.69 Å². The summed E-state index contributed by atoms with van der Waals surface area (Å²) in [6.45, 7) is 16.2. The maximum Gasteiger partial charge on any atom is 0.192 e. The van der Waals surface area contributed by atoms with Crippen LogP contribution in [0.1, 0.15) is 49.4 Å². The molecule has 0 spiro atoms. The van der Waals surface area contributed by atoms with Gasteiger partial charge in [-0.3, -0.25) is 9.69 Å². The van der Waals surface area contributed by atoms with E-state index in [9.17, 15) is 4.79 Å². The van der Waals surface area contributed by atoms with Crippen LogP contribution in [-0.2, 0) is 17.4 Å². The lowest BCUT2D eigenvalue weighted by atomic mass is 10.0. The van der Waals surface area contributed by atoms with Crippen LogP contribution in [0.5, 0.6) is 5.75 Å². The van der Waals surface area contributed by atoms with Crippen molar-refractivity contribution in [2.45, 2.75) is 58.8 Å². The minimum absolute atomic E-state index is 0.0283. The molecule has 5 nitrogen and oxygen atoms in total. The van der Waals surface area contributed by atoms with Gasteiger partial charge in [0.05, 0.1) is 12.8 Å². The third-order valence-electron chi connectivity index (χ3n) is 5.48. The third kappa shape index (κ3) is 4.68. The van der Waals surface area contributed by atoms with E-state index in [1.54, 1.807) is 20.1 Å². The Bertz CT molecular complexity index is 638. The van der Waals surface area contributed by atoms with Crippen molar-refractivity contribution in [3.63, 3.8) is 0 Å². The summed E-state index contributed by atoms with van der Waals surface area (Å²) in [7, 11) is -0.0549. The molecule has 0 aliphatic carbocycles. The molecule has 0 saturated carbocycles. The van der Waals surface area contributed by atoms with Gasteiger partial charge in [-0.15, -0.1) is 0 Å². The highest BCUT2D eigenvalue weighted by Crippen LogP contribution is 2.36. The van der Waals surface area contributed by atoms with Crippen LogP contribution >= 0.6 is 0 Å². The summed E-state index contributed by atoms with van der Waals surface area (Å²) in [6.07, 6.45) is 0.893. The van der Waals surface area contributed by atoms with Gasteiger partial charge in [0.1, 0.15) is 11.4 Å². The van der Waals surface area contributed by atoms with Gasteiger partial charge in [-0.2, -0.15) is 0 Å². The Hall–Kier alpha value is -1.24. The summed E-state index contributed by atoms with van der Waals surface area (Å²) in [5, 5.41) is 0.229. The highest BCUT2D eigenvalue weighted by atomic mass is 28.4. The molecule has 0 amide bonds. The Morgan fingerprint density at radius 3 is 2.60 bits per heavy atom. The lowest BCUT2D eigenvalue weighted by Crippen LogP contribution is -2.43. The summed E-state index contributed by atoms with van der Waals surface area (Å²) in [5.74, 6) is 0.756. The predicted octanol–water partition coefficient (Wildman–Crippen LogP) is 3.67. The quantitative estimate of drug-likeness (QED) is 0.569. The van der Waals surface area contributed by atoms with Crippen molar-refractivity contribution in [3.05, 3.63) is 23.0 Å². The number of ketones is 1. The van der Waals surface area contributed by atoms with Gasteiger partial charge in [0.2, 0.25) is 0 Å². The molecule has 0 aromatic carbocycles. The van der Waals surface area contributed by atoms with Crippen LogP contribution in [-0.4, -0.2) is 50.8 Å². The number of pyridine rings is 1. The van der Waals surface area contributed by atoms with Crippen LogP contribution in [0.25, 0.3) is 0 Å². The molecule has 0 atom stereocenters. The molecular weight excluding hydrogens is 332 g/mol. The second kappa shape index (κ2) is 7.56. The molecule has 1 aromatic rings. The van der Waals surface area contributed by atoms with Crippen molar-refractivity contribution in [2.75, 3.05) is 26.8 Å². The lowest BCUT2D eigenvalue weighted by molar-refractivity contribution is 0.101. The van der Waals surface area contributed by atoms with Crippen LogP contribution in [0.2, 0.25) is 18.1 Å². The standard InChI is InChI=1S/C19H32N2O3Si/c1-14(22)16-12-18(23-5)15-8-9-21(13-17(15)20-16)10-11-24-25(6,7)19(2,3)4/h12H,8-11,13H2,1-7H3. The molecule has 0 bridgehead atoms. The zero-order valence-electron chi connectivity index (χ0n) is 16.7. The normalized spacial score (nSPS) is 15.8. The van der Waals surface area contributed by atoms with Gasteiger partial charge in [-0.1, -0.05) is 20.8 Å². The average Bonchev–Trinajstić information content (AvgIpc) is 2.52. The smallest absolute Gasteiger partial charge is 0.192 e. The van der Waals surface area contributed by atoms with Gasteiger partial charge >= 0.3 is 0 Å². The van der Waals surface area contributed by atoms with Gasteiger partial charge < -0.3 is 9.16 Å². The Labute approximate surface area is 152 Å². The van der Waals surface area contributed by atoms with Gasteiger partial charge in [0.25, 0.3) is 0 Å². The fourth-order valence-electron chi connectivity index (χ4n) is 2.76. The Morgan fingerprint density at radius 1 is 1.36 bits per heavy atom. The Balaban J connectivity index is 2.03. The number of hydrogen-bond donors (Lipinski definition) is 0. The van der Waals surface area contributed by atoms with Gasteiger partial charge in [-0.25, -0.2) is 4.98 Å². The number of hydrogen-bond acceptors (Lipinski definition) is 5. The zero-order valence-corrected chi connectivity index (χ0v) is 17.7. The van der Waals surface area contributed by atoms with E-state index >= 15 is 0 Å². The molecule has 25 heavy (non-hydrogen) atoms. The largest absolute Gasteiger partial charge is 0.496 e. The molecule has 2 heterocycles. The second-order valence-corrected chi connectivity index (χ2v) is 13.1. The number of fused-ring (bicyclic) bond motifs is 1. The van der Waals surface area contributed by atoms with Crippen LogP contribution in [0.4, 0.5) is 0 Å². The fourth-order valence-corrected chi connectivity index (χ4v) is 3.79. The minimum atomic E-state index is -1.71. The zero-order chi connectivity index (χ0) is 18.8. The third-order valence-corrected chi connectivity index (χ3v) is 10.0. The molecular formula is C19H32N2O3Si. The van der Waals surface area contributed by atoms with Crippen molar-refractivity contribution in [3.8, 4) is 5.75 Å². The number of rotatable bonds is 6. The van der Waals surface area contributed by atoms with Crippen molar-refractivity contribution in [1.29, 1.82) is 0 Å². The van der Waals surface area contributed by atoms with Gasteiger partial charge in [0.15, 0.2) is 14.1 Å². The number of Topliss-reactive ketones (excluding diaryl/α,β-unsaturated/α-hetero) is 1. The second-order valence-electron chi connectivity index (χ2n) is 8.33. The lowest BCUT2D eigenvalue weighted by Gasteiger charge is -2.37. The number of aromatic nitrogens is 1. The van der Waals surface area contributed by atoms with Crippen LogP contribution in [0.3, 0.4) is 0 Å². The van der Waals surface area contributed by atoms with Crippen molar-refractivity contribution >= 4 is 14.1 Å². The summed E-state index contributed by atoms with van der Waals surface area (Å²) in [5.41, 5.74) is 2.58. The topological polar surface area (TPSA) is 51.7 Å². The summed E-state index contributed by atoms with van der Waals surface area (Å²) >= 11 is 0. The monoisotopic (exact) mass is 364 g/mol. The Kier molecular flexibility index (Phi) is 6.07. The first-order chi connectivity index (χ1) is 11.5.